The summed E-state index contributed by atoms with van der Waals surface area (Å²) in [6.45, 7) is 2.08. The van der Waals surface area contributed by atoms with Crippen molar-refractivity contribution in [1.82, 2.24) is 4.90 Å². The number of nitrogens with zero attached hydrogens (tertiary/aromatic N) is 1. The highest BCUT2D eigenvalue weighted by atomic mass is 35.5. The van der Waals surface area contributed by atoms with Gasteiger partial charge in [0.1, 0.15) is 5.82 Å². The fourth-order valence-corrected chi connectivity index (χ4v) is 1.73. The lowest BCUT2D eigenvalue weighted by Gasteiger charge is -2.15. The number of amides is 1. The smallest absolute Gasteiger partial charge is 0.409 e. The summed E-state index contributed by atoms with van der Waals surface area (Å²) >= 11 is 6.00. The molecule has 94 valence electrons. The second-order valence-electron chi connectivity index (χ2n) is 3.83. The van der Waals surface area contributed by atoms with Crippen LogP contribution >= 0.6 is 11.6 Å². The second-order valence-corrected chi connectivity index (χ2v) is 4.24. The van der Waals surface area contributed by atoms with E-state index in [-0.39, 0.29) is 5.82 Å². The third kappa shape index (κ3) is 3.60. The van der Waals surface area contributed by atoms with Gasteiger partial charge in [-0.2, -0.15) is 0 Å². The molecule has 0 saturated heterocycles. The first-order valence-electron chi connectivity index (χ1n) is 5.19. The molecule has 0 saturated carbocycles. The zero-order chi connectivity index (χ0) is 13.0. The van der Waals surface area contributed by atoms with E-state index in [4.69, 9.17) is 11.6 Å². The number of benzene rings is 1. The number of carbonyl (C=O) groups excluding carboxylic acids is 1. The highest BCUT2D eigenvalue weighted by Crippen LogP contribution is 2.21. The zero-order valence-corrected chi connectivity index (χ0v) is 10.8. The Morgan fingerprint density at radius 3 is 2.76 bits per heavy atom. The first-order chi connectivity index (χ1) is 7.95. The SMILES string of the molecule is COC(=O)N(C)CCc1cc(F)c(C)cc1Cl. The molecule has 0 aliphatic heterocycles. The van der Waals surface area contributed by atoms with Crippen molar-refractivity contribution in [2.75, 3.05) is 20.7 Å². The number of hydrogen-bond acceptors (Lipinski definition) is 2. The number of carbonyl (C=O) groups is 1. The minimum atomic E-state index is -0.422. The summed E-state index contributed by atoms with van der Waals surface area (Å²) in [5, 5.41) is 0.516. The maximum atomic E-state index is 13.3. The lowest BCUT2D eigenvalue weighted by atomic mass is 10.1. The zero-order valence-electron chi connectivity index (χ0n) is 10.1. The largest absolute Gasteiger partial charge is 0.453 e. The highest BCUT2D eigenvalue weighted by Gasteiger charge is 2.10. The molecule has 0 bridgehead atoms. The van der Waals surface area contributed by atoms with Crippen molar-refractivity contribution in [3.8, 4) is 0 Å². The highest BCUT2D eigenvalue weighted by molar-refractivity contribution is 6.31. The fraction of sp³-hybridized carbons (Fsp3) is 0.417. The Labute approximate surface area is 105 Å². The number of methoxy groups -OCH3 is 1. The Hall–Kier alpha value is -1.29. The van der Waals surface area contributed by atoms with Gasteiger partial charge in [-0.05, 0) is 36.6 Å². The van der Waals surface area contributed by atoms with E-state index in [1.807, 2.05) is 0 Å². The van der Waals surface area contributed by atoms with Crippen molar-refractivity contribution in [3.05, 3.63) is 34.1 Å². The first-order valence-corrected chi connectivity index (χ1v) is 5.57. The molecule has 0 radical (unpaired) electrons. The van der Waals surface area contributed by atoms with E-state index in [1.54, 1.807) is 20.0 Å². The quantitative estimate of drug-likeness (QED) is 0.835. The Bertz CT molecular complexity index is 423. The van der Waals surface area contributed by atoms with Crippen molar-refractivity contribution in [1.29, 1.82) is 0 Å². The van der Waals surface area contributed by atoms with Crippen LogP contribution in [0.25, 0.3) is 0 Å². The molecule has 0 aromatic heterocycles. The summed E-state index contributed by atoms with van der Waals surface area (Å²) in [5.74, 6) is -0.287. The fourth-order valence-electron chi connectivity index (χ4n) is 1.41. The number of rotatable bonds is 3. The van der Waals surface area contributed by atoms with Crippen LogP contribution in [0.2, 0.25) is 5.02 Å². The minimum absolute atomic E-state index is 0.287. The van der Waals surface area contributed by atoms with E-state index in [2.05, 4.69) is 4.74 Å². The van der Waals surface area contributed by atoms with Gasteiger partial charge in [-0.1, -0.05) is 11.6 Å². The molecule has 0 atom stereocenters. The number of aryl methyl sites for hydroxylation is 1. The summed E-state index contributed by atoms with van der Waals surface area (Å²) < 4.78 is 17.9. The predicted molar refractivity (Wildman–Crippen MR) is 64.9 cm³/mol. The topological polar surface area (TPSA) is 29.5 Å². The molecule has 1 aromatic rings. The maximum absolute atomic E-state index is 13.3. The van der Waals surface area contributed by atoms with Gasteiger partial charge in [-0.15, -0.1) is 0 Å². The molecule has 0 unspecified atom stereocenters. The number of halogens is 2. The molecule has 1 rings (SSSR count). The molecule has 3 nitrogen and oxygen atoms in total. The molecular formula is C12H15ClFNO2. The van der Waals surface area contributed by atoms with Crippen LogP contribution in [0.4, 0.5) is 9.18 Å². The van der Waals surface area contributed by atoms with Gasteiger partial charge in [0, 0.05) is 18.6 Å². The second kappa shape index (κ2) is 5.87. The van der Waals surface area contributed by atoms with Crippen LogP contribution in [0.3, 0.4) is 0 Å². The van der Waals surface area contributed by atoms with E-state index in [0.717, 1.165) is 0 Å². The maximum Gasteiger partial charge on any atom is 0.409 e. The molecule has 0 heterocycles. The van der Waals surface area contributed by atoms with E-state index in [9.17, 15) is 9.18 Å². The summed E-state index contributed by atoms with van der Waals surface area (Å²) in [7, 11) is 2.93. The van der Waals surface area contributed by atoms with Gasteiger partial charge < -0.3 is 9.64 Å². The van der Waals surface area contributed by atoms with Crippen LogP contribution in [0.1, 0.15) is 11.1 Å². The number of ether oxygens (including phenoxy) is 1. The van der Waals surface area contributed by atoms with Crippen LogP contribution in [0.15, 0.2) is 12.1 Å². The molecule has 0 fully saturated rings. The molecule has 0 aliphatic rings. The predicted octanol–water partition coefficient (Wildman–Crippen LogP) is 3.03. The van der Waals surface area contributed by atoms with E-state index < -0.39 is 6.09 Å². The van der Waals surface area contributed by atoms with Crippen LogP contribution in [0.5, 0.6) is 0 Å². The molecule has 5 heteroatoms. The number of hydrogen-bond donors (Lipinski definition) is 0. The third-order valence-corrected chi connectivity index (χ3v) is 2.88. The van der Waals surface area contributed by atoms with Crippen molar-refractivity contribution in [2.24, 2.45) is 0 Å². The number of likely N-dealkylation sites (N-methyl/N-ethyl adjacent to an activating group) is 1. The van der Waals surface area contributed by atoms with Crippen LogP contribution < -0.4 is 0 Å². The van der Waals surface area contributed by atoms with E-state index >= 15 is 0 Å². The van der Waals surface area contributed by atoms with Gasteiger partial charge in [0.25, 0.3) is 0 Å². The summed E-state index contributed by atoms with van der Waals surface area (Å²) in [6, 6.07) is 2.99. The Balaban J connectivity index is 2.70. The van der Waals surface area contributed by atoms with Gasteiger partial charge in [0.15, 0.2) is 0 Å². The van der Waals surface area contributed by atoms with Gasteiger partial charge in [-0.25, -0.2) is 9.18 Å². The van der Waals surface area contributed by atoms with Crippen molar-refractivity contribution in [2.45, 2.75) is 13.3 Å². The Morgan fingerprint density at radius 1 is 1.53 bits per heavy atom. The summed E-state index contributed by atoms with van der Waals surface area (Å²) in [6.07, 6.45) is 0.0652. The van der Waals surface area contributed by atoms with Crippen LogP contribution in [-0.4, -0.2) is 31.7 Å². The van der Waals surface area contributed by atoms with Crippen molar-refractivity contribution < 1.29 is 13.9 Å². The summed E-state index contributed by atoms with van der Waals surface area (Å²) in [4.78, 5) is 12.5. The molecule has 0 N–H and O–H groups in total. The Kier molecular flexibility index (Phi) is 4.75. The van der Waals surface area contributed by atoms with Gasteiger partial charge in [-0.3, -0.25) is 0 Å². The normalized spacial score (nSPS) is 10.2. The lowest BCUT2D eigenvalue weighted by Crippen LogP contribution is -2.28. The monoisotopic (exact) mass is 259 g/mol. The van der Waals surface area contributed by atoms with Crippen LogP contribution in [0, 0.1) is 12.7 Å². The van der Waals surface area contributed by atoms with E-state index in [1.165, 1.54) is 18.1 Å². The van der Waals surface area contributed by atoms with Crippen LogP contribution in [-0.2, 0) is 11.2 Å². The van der Waals surface area contributed by atoms with Crippen molar-refractivity contribution in [3.63, 3.8) is 0 Å². The molecule has 17 heavy (non-hydrogen) atoms. The van der Waals surface area contributed by atoms with Gasteiger partial charge >= 0.3 is 6.09 Å². The molecule has 1 aromatic carbocycles. The lowest BCUT2D eigenvalue weighted by molar-refractivity contribution is 0.134. The van der Waals surface area contributed by atoms with E-state index in [0.29, 0.717) is 29.1 Å². The standard InChI is InChI=1S/C12H15ClFNO2/c1-8-6-10(13)9(7-11(8)14)4-5-15(2)12(16)17-3/h6-7H,4-5H2,1-3H3. The van der Waals surface area contributed by atoms with Crippen molar-refractivity contribution >= 4 is 17.7 Å². The molecule has 1 amide bonds. The van der Waals surface area contributed by atoms with Gasteiger partial charge in [0.2, 0.25) is 0 Å². The average Bonchev–Trinajstić information content (AvgIpc) is 2.30. The first kappa shape index (κ1) is 13.8. The Morgan fingerprint density at radius 2 is 2.18 bits per heavy atom. The molecule has 0 aliphatic carbocycles. The van der Waals surface area contributed by atoms with Gasteiger partial charge in [0.05, 0.1) is 7.11 Å². The molecular weight excluding hydrogens is 245 g/mol. The third-order valence-electron chi connectivity index (χ3n) is 2.53. The molecule has 0 spiro atoms. The average molecular weight is 260 g/mol. The summed E-state index contributed by atoms with van der Waals surface area (Å²) in [5.41, 5.74) is 1.20. The minimum Gasteiger partial charge on any atom is -0.453 e.